The molecule has 0 saturated carbocycles. The molecule has 8 heteroatoms. The zero-order valence-corrected chi connectivity index (χ0v) is 12.7. The normalized spacial score (nSPS) is 11.4. The molecule has 3 N–H and O–H groups in total. The predicted molar refractivity (Wildman–Crippen MR) is 78.4 cm³/mol. The summed E-state index contributed by atoms with van der Waals surface area (Å²) in [6, 6.07) is 2.47. The van der Waals surface area contributed by atoms with E-state index in [-0.39, 0.29) is 6.54 Å². The Bertz CT molecular complexity index is 536. The van der Waals surface area contributed by atoms with Gasteiger partial charge in [0, 0.05) is 12.6 Å². The topological polar surface area (TPSA) is 96.9 Å². The van der Waals surface area contributed by atoms with Crippen LogP contribution in [0, 0.1) is 5.92 Å². The van der Waals surface area contributed by atoms with E-state index in [0.717, 1.165) is 0 Å². The first-order valence-electron chi connectivity index (χ1n) is 6.08. The van der Waals surface area contributed by atoms with Crippen molar-refractivity contribution in [1.82, 2.24) is 5.32 Å². The molecule has 1 unspecified atom stereocenters. The van der Waals surface area contributed by atoms with Crippen molar-refractivity contribution in [2.24, 2.45) is 5.92 Å². The van der Waals surface area contributed by atoms with Gasteiger partial charge in [-0.1, -0.05) is 18.5 Å². The third-order valence-corrected chi connectivity index (χ3v) is 3.01. The van der Waals surface area contributed by atoms with E-state index in [1.54, 1.807) is 0 Å². The standard InChI is InChI=1S/C13H17ClN2O5/c1-7(12(17)18)6-15-13(19)16-9-4-8(14)10(20-2)5-11(9)21-3/h4-5,7H,6H2,1-3H3,(H,17,18)(H2,15,16,19). The second kappa shape index (κ2) is 7.58. The molecule has 0 aliphatic heterocycles. The van der Waals surface area contributed by atoms with Crippen LogP contribution in [0.15, 0.2) is 12.1 Å². The number of aliphatic carboxylic acids is 1. The molecule has 1 aromatic carbocycles. The van der Waals surface area contributed by atoms with Crippen LogP contribution in [0.4, 0.5) is 10.5 Å². The van der Waals surface area contributed by atoms with Gasteiger partial charge in [0.05, 0.1) is 30.8 Å². The van der Waals surface area contributed by atoms with Gasteiger partial charge in [-0.2, -0.15) is 0 Å². The highest BCUT2D eigenvalue weighted by Crippen LogP contribution is 2.35. The number of carboxylic acids is 1. The maximum atomic E-state index is 11.7. The Morgan fingerprint density at radius 3 is 2.43 bits per heavy atom. The number of nitrogens with one attached hydrogen (secondary N) is 2. The average Bonchev–Trinajstić information content (AvgIpc) is 2.44. The summed E-state index contributed by atoms with van der Waals surface area (Å²) in [7, 11) is 2.91. The smallest absolute Gasteiger partial charge is 0.319 e. The Balaban J connectivity index is 2.76. The van der Waals surface area contributed by atoms with Crippen LogP contribution < -0.4 is 20.1 Å². The maximum absolute atomic E-state index is 11.7. The van der Waals surface area contributed by atoms with Gasteiger partial charge in [0.25, 0.3) is 0 Å². The lowest BCUT2D eigenvalue weighted by molar-refractivity contribution is -0.140. The highest BCUT2D eigenvalue weighted by molar-refractivity contribution is 6.32. The van der Waals surface area contributed by atoms with Crippen molar-refractivity contribution < 1.29 is 24.2 Å². The summed E-state index contributed by atoms with van der Waals surface area (Å²) < 4.78 is 10.2. The minimum atomic E-state index is -0.986. The number of urea groups is 1. The number of methoxy groups -OCH3 is 2. The largest absolute Gasteiger partial charge is 0.495 e. The first-order chi connectivity index (χ1) is 9.88. The van der Waals surface area contributed by atoms with Crippen LogP contribution in [0.2, 0.25) is 5.02 Å². The molecule has 0 fully saturated rings. The van der Waals surface area contributed by atoms with E-state index in [9.17, 15) is 9.59 Å². The Morgan fingerprint density at radius 2 is 1.90 bits per heavy atom. The number of halogens is 1. The number of carbonyl (C=O) groups is 2. The molecule has 0 spiro atoms. The first-order valence-corrected chi connectivity index (χ1v) is 6.46. The average molecular weight is 317 g/mol. The van der Waals surface area contributed by atoms with Crippen LogP contribution in [0.25, 0.3) is 0 Å². The number of benzene rings is 1. The number of carbonyl (C=O) groups excluding carboxylic acids is 1. The van der Waals surface area contributed by atoms with E-state index in [0.29, 0.717) is 22.2 Å². The summed E-state index contributed by atoms with van der Waals surface area (Å²) in [5, 5.41) is 14.0. The molecule has 0 aromatic heterocycles. The van der Waals surface area contributed by atoms with E-state index < -0.39 is 17.9 Å². The number of hydrogen-bond acceptors (Lipinski definition) is 4. The van der Waals surface area contributed by atoms with Crippen LogP contribution in [-0.4, -0.2) is 37.9 Å². The molecule has 2 amide bonds. The minimum Gasteiger partial charge on any atom is -0.495 e. The molecule has 7 nitrogen and oxygen atoms in total. The number of rotatable bonds is 6. The molecular weight excluding hydrogens is 300 g/mol. The molecule has 0 radical (unpaired) electrons. The monoisotopic (exact) mass is 316 g/mol. The molecule has 0 aliphatic carbocycles. The van der Waals surface area contributed by atoms with Gasteiger partial charge in [-0.05, 0) is 6.07 Å². The third-order valence-electron chi connectivity index (χ3n) is 2.71. The van der Waals surface area contributed by atoms with Gasteiger partial charge in [-0.25, -0.2) is 4.79 Å². The molecule has 0 heterocycles. The van der Waals surface area contributed by atoms with Crippen LogP contribution >= 0.6 is 11.6 Å². The maximum Gasteiger partial charge on any atom is 0.319 e. The van der Waals surface area contributed by atoms with Gasteiger partial charge in [0.15, 0.2) is 0 Å². The molecule has 116 valence electrons. The molecule has 21 heavy (non-hydrogen) atoms. The summed E-state index contributed by atoms with van der Waals surface area (Å²) >= 11 is 5.98. The molecule has 1 aromatic rings. The fourth-order valence-corrected chi connectivity index (χ4v) is 1.70. The van der Waals surface area contributed by atoms with Gasteiger partial charge in [0.2, 0.25) is 0 Å². The van der Waals surface area contributed by atoms with Crippen molar-refractivity contribution in [2.45, 2.75) is 6.92 Å². The van der Waals surface area contributed by atoms with Crippen LogP contribution in [0.5, 0.6) is 11.5 Å². The summed E-state index contributed by atoms with van der Waals surface area (Å²) in [6.45, 7) is 1.50. The zero-order chi connectivity index (χ0) is 16.0. The molecular formula is C13H17ClN2O5. The number of ether oxygens (including phenoxy) is 2. The number of hydrogen-bond donors (Lipinski definition) is 3. The summed E-state index contributed by atoms with van der Waals surface area (Å²) in [4.78, 5) is 22.4. The van der Waals surface area contributed by atoms with Crippen molar-refractivity contribution >= 4 is 29.3 Å². The molecule has 0 saturated heterocycles. The Morgan fingerprint density at radius 1 is 1.29 bits per heavy atom. The highest BCUT2D eigenvalue weighted by atomic mass is 35.5. The van der Waals surface area contributed by atoms with Gasteiger partial charge in [-0.3, -0.25) is 4.79 Å². The lowest BCUT2D eigenvalue weighted by atomic mass is 10.2. The summed E-state index contributed by atoms with van der Waals surface area (Å²) in [5.41, 5.74) is 0.351. The van der Waals surface area contributed by atoms with E-state index in [2.05, 4.69) is 10.6 Å². The highest BCUT2D eigenvalue weighted by Gasteiger charge is 2.15. The predicted octanol–water partition coefficient (Wildman–Crippen LogP) is 2.20. The number of anilines is 1. The van der Waals surface area contributed by atoms with E-state index in [1.165, 1.54) is 33.3 Å². The molecule has 0 bridgehead atoms. The lowest BCUT2D eigenvalue weighted by Crippen LogP contribution is -2.34. The minimum absolute atomic E-state index is 0.00731. The van der Waals surface area contributed by atoms with E-state index in [1.807, 2.05) is 0 Å². The Kier molecular flexibility index (Phi) is 6.10. The van der Waals surface area contributed by atoms with Crippen molar-refractivity contribution in [1.29, 1.82) is 0 Å². The number of amides is 2. The fraction of sp³-hybridized carbons (Fsp3) is 0.385. The third kappa shape index (κ3) is 4.71. The van der Waals surface area contributed by atoms with Gasteiger partial charge < -0.3 is 25.2 Å². The van der Waals surface area contributed by atoms with Crippen molar-refractivity contribution in [3.05, 3.63) is 17.2 Å². The molecule has 1 atom stereocenters. The van der Waals surface area contributed by atoms with Crippen molar-refractivity contribution in [3.8, 4) is 11.5 Å². The Labute approximate surface area is 127 Å². The second-order valence-corrected chi connectivity index (χ2v) is 4.67. The number of carboxylic acid groups (broad SMARTS) is 1. The van der Waals surface area contributed by atoms with Gasteiger partial charge >= 0.3 is 12.0 Å². The van der Waals surface area contributed by atoms with Crippen molar-refractivity contribution in [2.75, 3.05) is 26.1 Å². The van der Waals surface area contributed by atoms with Crippen LogP contribution in [0.1, 0.15) is 6.92 Å². The van der Waals surface area contributed by atoms with E-state index >= 15 is 0 Å². The first kappa shape index (κ1) is 16.9. The quantitative estimate of drug-likeness (QED) is 0.747. The zero-order valence-electron chi connectivity index (χ0n) is 11.9. The lowest BCUT2D eigenvalue weighted by Gasteiger charge is -2.14. The van der Waals surface area contributed by atoms with Gasteiger partial charge in [-0.15, -0.1) is 0 Å². The fourth-order valence-electron chi connectivity index (χ4n) is 1.46. The van der Waals surface area contributed by atoms with Crippen molar-refractivity contribution in [3.63, 3.8) is 0 Å². The van der Waals surface area contributed by atoms with Crippen LogP contribution in [-0.2, 0) is 4.79 Å². The second-order valence-electron chi connectivity index (χ2n) is 4.26. The SMILES string of the molecule is COc1cc(OC)c(NC(=O)NCC(C)C(=O)O)cc1Cl. The van der Waals surface area contributed by atoms with Gasteiger partial charge in [0.1, 0.15) is 11.5 Å². The van der Waals surface area contributed by atoms with E-state index in [4.69, 9.17) is 26.2 Å². The molecule has 1 rings (SSSR count). The van der Waals surface area contributed by atoms with Crippen LogP contribution in [0.3, 0.4) is 0 Å². The Hall–Kier alpha value is -2.15. The molecule has 0 aliphatic rings. The summed E-state index contributed by atoms with van der Waals surface area (Å²) in [5.74, 6) is -0.880. The summed E-state index contributed by atoms with van der Waals surface area (Å²) in [6.07, 6.45) is 0.